The van der Waals surface area contributed by atoms with Gasteiger partial charge in [0.15, 0.2) is 0 Å². The van der Waals surface area contributed by atoms with Crippen LogP contribution < -0.4 is 16.2 Å². The van der Waals surface area contributed by atoms with E-state index in [0.717, 1.165) is 10.1 Å². The Bertz CT molecular complexity index is 875. The highest BCUT2D eigenvalue weighted by Crippen LogP contribution is 2.25. The normalized spacial score (nSPS) is 10.4. The van der Waals surface area contributed by atoms with Gasteiger partial charge in [-0.3, -0.25) is 10.2 Å². The topological polar surface area (TPSA) is 83.1 Å². The number of pyridine rings is 1. The molecule has 0 saturated carbocycles. The standard InChI is InChI=1S/C15H10Cl2N4O2S/c16-12-6-9(7-13(17)19-12)18-15(23)21-20-14(22)11-5-8-3-1-2-4-10(8)24-11/h1-7H,(H,20,22)(H2,18,19,21,23). The van der Waals surface area contributed by atoms with Crippen LogP contribution in [0.5, 0.6) is 0 Å². The third-order valence-electron chi connectivity index (χ3n) is 2.96. The Morgan fingerprint density at radius 1 is 1.00 bits per heavy atom. The van der Waals surface area contributed by atoms with Crippen LogP contribution >= 0.6 is 34.5 Å². The summed E-state index contributed by atoms with van der Waals surface area (Å²) in [6.07, 6.45) is 0. The van der Waals surface area contributed by atoms with Gasteiger partial charge in [0.25, 0.3) is 5.91 Å². The second-order valence-corrected chi connectivity index (χ2v) is 6.54. The van der Waals surface area contributed by atoms with Crippen LogP contribution in [0.15, 0.2) is 42.5 Å². The smallest absolute Gasteiger partial charge is 0.306 e. The molecule has 24 heavy (non-hydrogen) atoms. The number of halogens is 2. The molecule has 3 rings (SSSR count). The van der Waals surface area contributed by atoms with E-state index < -0.39 is 11.9 Å². The van der Waals surface area contributed by atoms with Crippen molar-refractivity contribution in [1.29, 1.82) is 0 Å². The van der Waals surface area contributed by atoms with Gasteiger partial charge in [0, 0.05) is 10.4 Å². The molecule has 3 amide bonds. The summed E-state index contributed by atoms with van der Waals surface area (Å²) in [5.41, 5.74) is 4.96. The van der Waals surface area contributed by atoms with Crippen LogP contribution in [-0.2, 0) is 0 Å². The molecule has 6 nitrogen and oxygen atoms in total. The van der Waals surface area contributed by atoms with Crippen LogP contribution in [0, 0.1) is 0 Å². The van der Waals surface area contributed by atoms with E-state index in [2.05, 4.69) is 21.2 Å². The van der Waals surface area contributed by atoms with E-state index in [9.17, 15) is 9.59 Å². The summed E-state index contributed by atoms with van der Waals surface area (Å²) in [5.74, 6) is -0.405. The molecule has 0 spiro atoms. The number of hydrazine groups is 1. The number of nitrogens with zero attached hydrogens (tertiary/aromatic N) is 1. The Labute approximate surface area is 150 Å². The number of thiophene rings is 1. The maximum Gasteiger partial charge on any atom is 0.337 e. The van der Waals surface area contributed by atoms with Gasteiger partial charge in [0.05, 0.1) is 4.88 Å². The van der Waals surface area contributed by atoms with Gasteiger partial charge in [-0.15, -0.1) is 11.3 Å². The first-order valence-corrected chi connectivity index (χ1v) is 8.27. The molecule has 0 radical (unpaired) electrons. The van der Waals surface area contributed by atoms with Crippen molar-refractivity contribution >= 4 is 62.3 Å². The summed E-state index contributed by atoms with van der Waals surface area (Å²) >= 11 is 12.8. The van der Waals surface area contributed by atoms with Crippen LogP contribution in [0.4, 0.5) is 10.5 Å². The van der Waals surface area contributed by atoms with Crippen molar-refractivity contribution in [1.82, 2.24) is 15.8 Å². The van der Waals surface area contributed by atoms with Crippen molar-refractivity contribution in [2.45, 2.75) is 0 Å². The highest BCUT2D eigenvalue weighted by Gasteiger charge is 2.11. The molecule has 3 aromatic rings. The molecular weight excluding hydrogens is 371 g/mol. The van der Waals surface area contributed by atoms with Crippen molar-refractivity contribution in [3.63, 3.8) is 0 Å². The molecule has 0 aliphatic carbocycles. The number of hydrogen-bond acceptors (Lipinski definition) is 4. The van der Waals surface area contributed by atoms with Crippen LogP contribution in [-0.4, -0.2) is 16.9 Å². The molecule has 0 atom stereocenters. The second kappa shape index (κ2) is 7.04. The first-order valence-electron chi connectivity index (χ1n) is 6.70. The minimum Gasteiger partial charge on any atom is -0.306 e. The summed E-state index contributed by atoms with van der Waals surface area (Å²) in [4.78, 5) is 28.1. The first kappa shape index (κ1) is 16.5. The highest BCUT2D eigenvalue weighted by molar-refractivity contribution is 7.20. The van der Waals surface area contributed by atoms with Crippen molar-refractivity contribution in [3.05, 3.63) is 57.6 Å². The van der Waals surface area contributed by atoms with Crippen molar-refractivity contribution in [2.24, 2.45) is 0 Å². The monoisotopic (exact) mass is 380 g/mol. The van der Waals surface area contributed by atoms with Crippen molar-refractivity contribution in [2.75, 3.05) is 5.32 Å². The van der Waals surface area contributed by atoms with Gasteiger partial charge in [-0.05, 0) is 29.7 Å². The molecular formula is C15H10Cl2N4O2S. The SMILES string of the molecule is O=C(NNC(=O)c1cc2ccccc2s1)Nc1cc(Cl)nc(Cl)c1. The molecule has 0 aliphatic heterocycles. The Morgan fingerprint density at radius 3 is 2.42 bits per heavy atom. The van der Waals surface area contributed by atoms with Crippen molar-refractivity contribution in [3.8, 4) is 0 Å². The van der Waals surface area contributed by atoms with Gasteiger partial charge in [0.2, 0.25) is 0 Å². The molecule has 0 saturated heterocycles. The van der Waals surface area contributed by atoms with Gasteiger partial charge in [-0.25, -0.2) is 15.2 Å². The lowest BCUT2D eigenvalue weighted by Crippen LogP contribution is -2.43. The molecule has 9 heteroatoms. The van der Waals surface area contributed by atoms with Gasteiger partial charge in [-0.2, -0.15) is 0 Å². The zero-order valence-corrected chi connectivity index (χ0v) is 14.3. The van der Waals surface area contributed by atoms with Gasteiger partial charge < -0.3 is 5.32 Å². The van der Waals surface area contributed by atoms with Crippen LogP contribution in [0.2, 0.25) is 10.3 Å². The Hall–Kier alpha value is -2.35. The lowest BCUT2D eigenvalue weighted by Gasteiger charge is -2.08. The summed E-state index contributed by atoms with van der Waals surface area (Å²) in [7, 11) is 0. The zero-order valence-electron chi connectivity index (χ0n) is 12.0. The zero-order chi connectivity index (χ0) is 17.1. The molecule has 0 aliphatic rings. The Morgan fingerprint density at radius 2 is 1.71 bits per heavy atom. The third-order valence-corrected chi connectivity index (χ3v) is 4.46. The number of fused-ring (bicyclic) bond motifs is 1. The molecule has 2 heterocycles. The number of carbonyl (C=O) groups excluding carboxylic acids is 2. The number of urea groups is 1. The first-order chi connectivity index (χ1) is 11.5. The van der Waals surface area contributed by atoms with E-state index >= 15 is 0 Å². The number of anilines is 1. The predicted octanol–water partition coefficient (Wildman–Crippen LogP) is 4.07. The minimum atomic E-state index is -0.636. The number of nitrogens with one attached hydrogen (secondary N) is 3. The average Bonchev–Trinajstić information content (AvgIpc) is 2.95. The third kappa shape index (κ3) is 3.94. The molecule has 1 aromatic carbocycles. The average molecular weight is 381 g/mol. The highest BCUT2D eigenvalue weighted by atomic mass is 35.5. The molecule has 0 unspecified atom stereocenters. The van der Waals surface area contributed by atoms with E-state index in [4.69, 9.17) is 23.2 Å². The van der Waals surface area contributed by atoms with E-state index in [1.165, 1.54) is 23.5 Å². The van der Waals surface area contributed by atoms with Crippen LogP contribution in [0.25, 0.3) is 10.1 Å². The maximum absolute atomic E-state index is 12.1. The van der Waals surface area contributed by atoms with E-state index in [1.54, 1.807) is 6.07 Å². The van der Waals surface area contributed by atoms with Crippen LogP contribution in [0.1, 0.15) is 9.67 Å². The quantitative estimate of drug-likeness (QED) is 0.462. The van der Waals surface area contributed by atoms with E-state index in [0.29, 0.717) is 10.6 Å². The molecule has 2 aromatic heterocycles. The van der Waals surface area contributed by atoms with Crippen molar-refractivity contribution < 1.29 is 9.59 Å². The van der Waals surface area contributed by atoms with E-state index in [-0.39, 0.29) is 10.3 Å². The largest absolute Gasteiger partial charge is 0.337 e. The molecule has 0 bridgehead atoms. The van der Waals surface area contributed by atoms with Gasteiger partial charge in [0.1, 0.15) is 10.3 Å². The lowest BCUT2D eigenvalue weighted by atomic mass is 10.2. The maximum atomic E-state index is 12.1. The molecule has 122 valence electrons. The fraction of sp³-hybridized carbons (Fsp3) is 0. The fourth-order valence-corrected chi connectivity index (χ4v) is 3.39. The lowest BCUT2D eigenvalue weighted by molar-refractivity contribution is 0.0942. The number of rotatable bonds is 2. The summed E-state index contributed by atoms with van der Waals surface area (Å²) in [6, 6.07) is 11.6. The number of carbonyl (C=O) groups is 2. The summed E-state index contributed by atoms with van der Waals surface area (Å²) < 4.78 is 0.994. The minimum absolute atomic E-state index is 0.145. The number of benzene rings is 1. The molecule has 0 fully saturated rings. The van der Waals surface area contributed by atoms with Gasteiger partial charge in [-0.1, -0.05) is 41.4 Å². The fourth-order valence-electron chi connectivity index (χ4n) is 1.97. The Kier molecular flexibility index (Phi) is 4.84. The molecule has 3 N–H and O–H groups in total. The Balaban J connectivity index is 1.60. The second-order valence-electron chi connectivity index (χ2n) is 4.68. The van der Waals surface area contributed by atoms with E-state index in [1.807, 2.05) is 24.3 Å². The summed E-state index contributed by atoms with van der Waals surface area (Å²) in [6.45, 7) is 0. The summed E-state index contributed by atoms with van der Waals surface area (Å²) in [5, 5.41) is 3.75. The number of amides is 3. The van der Waals surface area contributed by atoms with Crippen LogP contribution in [0.3, 0.4) is 0 Å². The number of hydrogen-bond donors (Lipinski definition) is 3. The predicted molar refractivity (Wildman–Crippen MR) is 95.7 cm³/mol. The van der Waals surface area contributed by atoms with Gasteiger partial charge >= 0.3 is 6.03 Å². The number of aromatic nitrogens is 1.